The fraction of sp³-hybridized carbons (Fsp3) is 0.739. The van der Waals surface area contributed by atoms with E-state index in [4.69, 9.17) is 9.47 Å². The average molecular weight is 345 g/mol. The third-order valence-electron chi connectivity index (χ3n) is 6.52. The summed E-state index contributed by atoms with van der Waals surface area (Å²) in [5, 5.41) is 0. The molecule has 25 heavy (non-hydrogen) atoms. The minimum atomic E-state index is 0.503. The van der Waals surface area contributed by atoms with E-state index in [0.717, 1.165) is 24.2 Å². The monoisotopic (exact) mass is 344 g/mol. The predicted molar refractivity (Wildman–Crippen MR) is 104 cm³/mol. The van der Waals surface area contributed by atoms with Crippen LogP contribution in [0.4, 0.5) is 0 Å². The van der Waals surface area contributed by atoms with Crippen LogP contribution in [0.2, 0.25) is 0 Å². The second-order valence-electron chi connectivity index (χ2n) is 8.26. The molecule has 1 aliphatic heterocycles. The molecule has 2 nitrogen and oxygen atoms in total. The van der Waals surface area contributed by atoms with Crippen LogP contribution in [0.3, 0.4) is 0 Å². The van der Waals surface area contributed by atoms with Crippen LogP contribution < -0.4 is 4.74 Å². The molecule has 0 N–H and O–H groups in total. The molecule has 1 saturated heterocycles. The van der Waals surface area contributed by atoms with Crippen molar-refractivity contribution in [1.29, 1.82) is 0 Å². The summed E-state index contributed by atoms with van der Waals surface area (Å²) in [7, 11) is 1.72. The maximum Gasteiger partial charge on any atom is 0.118 e. The molecule has 2 fully saturated rings. The second-order valence-corrected chi connectivity index (χ2v) is 8.26. The summed E-state index contributed by atoms with van der Waals surface area (Å²) in [6.07, 6.45) is 14.3. The molecule has 0 amide bonds. The summed E-state index contributed by atoms with van der Waals surface area (Å²) in [6.45, 7) is 3.21. The highest BCUT2D eigenvalue weighted by Crippen LogP contribution is 2.36. The highest BCUT2D eigenvalue weighted by molar-refractivity contribution is 5.29. The lowest BCUT2D eigenvalue weighted by molar-refractivity contribution is -0.00528. The van der Waals surface area contributed by atoms with Gasteiger partial charge in [0.05, 0.1) is 19.8 Å². The molecule has 2 unspecified atom stereocenters. The van der Waals surface area contributed by atoms with E-state index in [-0.39, 0.29) is 0 Å². The van der Waals surface area contributed by atoms with Crippen LogP contribution >= 0.6 is 0 Å². The van der Waals surface area contributed by atoms with Crippen molar-refractivity contribution in [2.75, 3.05) is 13.7 Å². The molecular formula is C23H36O2. The summed E-state index contributed by atoms with van der Waals surface area (Å²) in [5.41, 5.74) is 1.40. The molecule has 1 heterocycles. The van der Waals surface area contributed by atoms with E-state index in [0.29, 0.717) is 12.0 Å². The van der Waals surface area contributed by atoms with E-state index < -0.39 is 0 Å². The van der Waals surface area contributed by atoms with Gasteiger partial charge in [-0.25, -0.2) is 0 Å². The maximum atomic E-state index is 6.22. The summed E-state index contributed by atoms with van der Waals surface area (Å²) in [5.74, 6) is 3.49. The highest BCUT2D eigenvalue weighted by atomic mass is 16.5. The zero-order valence-electron chi connectivity index (χ0n) is 16.2. The molecule has 2 heteroatoms. The lowest BCUT2D eigenvalue weighted by Gasteiger charge is -2.32. The third-order valence-corrected chi connectivity index (χ3v) is 6.52. The Bertz CT molecular complexity index is 479. The second kappa shape index (κ2) is 9.62. The number of benzene rings is 1. The van der Waals surface area contributed by atoms with Gasteiger partial charge in [0.2, 0.25) is 0 Å². The van der Waals surface area contributed by atoms with Crippen molar-refractivity contribution in [3.8, 4) is 5.75 Å². The van der Waals surface area contributed by atoms with Gasteiger partial charge in [0.1, 0.15) is 5.75 Å². The Hall–Kier alpha value is -1.02. The fourth-order valence-corrected chi connectivity index (χ4v) is 4.81. The third kappa shape index (κ3) is 5.48. The first-order valence-corrected chi connectivity index (χ1v) is 10.5. The van der Waals surface area contributed by atoms with Gasteiger partial charge in [-0.15, -0.1) is 0 Å². The number of ether oxygens (including phenoxy) is 2. The topological polar surface area (TPSA) is 18.5 Å². The lowest BCUT2D eigenvalue weighted by atomic mass is 9.78. The van der Waals surface area contributed by atoms with E-state index in [9.17, 15) is 0 Å². The first-order valence-electron chi connectivity index (χ1n) is 10.5. The Labute approximate surface area is 154 Å². The normalized spacial score (nSPS) is 30.2. The summed E-state index contributed by atoms with van der Waals surface area (Å²) in [4.78, 5) is 0. The average Bonchev–Trinajstić information content (AvgIpc) is 2.68. The molecule has 1 saturated carbocycles. The molecule has 140 valence electrons. The number of hydrogen-bond donors (Lipinski definition) is 0. The lowest BCUT2D eigenvalue weighted by Crippen LogP contribution is -2.26. The molecule has 2 atom stereocenters. The standard InChI is InChI=1S/C23H36O2/c1-3-4-18-5-7-19(8-6-18)9-13-23-16-12-21(17-25-23)20-10-14-22(24-2)15-11-20/h10-11,14-15,18-19,21,23H,3-9,12-13,16-17H2,1-2H3. The SMILES string of the molecule is CCCC1CCC(CCC2CCC(c3ccc(OC)cc3)CO2)CC1. The molecule has 1 aromatic rings. The van der Waals surface area contributed by atoms with Crippen LogP contribution in [0.5, 0.6) is 5.75 Å². The van der Waals surface area contributed by atoms with Crippen molar-refractivity contribution < 1.29 is 9.47 Å². The molecular weight excluding hydrogens is 308 g/mol. The van der Waals surface area contributed by atoms with E-state index >= 15 is 0 Å². The van der Waals surface area contributed by atoms with Gasteiger partial charge in [-0.3, -0.25) is 0 Å². The van der Waals surface area contributed by atoms with Gasteiger partial charge in [0.15, 0.2) is 0 Å². The van der Waals surface area contributed by atoms with Gasteiger partial charge in [-0.2, -0.15) is 0 Å². The Kier molecular flexibility index (Phi) is 7.22. The van der Waals surface area contributed by atoms with Crippen molar-refractivity contribution in [2.24, 2.45) is 11.8 Å². The van der Waals surface area contributed by atoms with Gasteiger partial charge in [0.25, 0.3) is 0 Å². The Morgan fingerprint density at radius 3 is 2.12 bits per heavy atom. The van der Waals surface area contributed by atoms with Gasteiger partial charge in [-0.1, -0.05) is 57.6 Å². The molecule has 0 bridgehead atoms. The van der Waals surface area contributed by atoms with Crippen molar-refractivity contribution in [2.45, 2.75) is 83.2 Å². The predicted octanol–water partition coefficient (Wildman–Crippen LogP) is 6.34. The minimum Gasteiger partial charge on any atom is -0.497 e. The molecule has 0 spiro atoms. The van der Waals surface area contributed by atoms with E-state index in [1.165, 1.54) is 69.8 Å². The molecule has 1 aliphatic carbocycles. The van der Waals surface area contributed by atoms with Crippen LogP contribution in [0, 0.1) is 11.8 Å². The van der Waals surface area contributed by atoms with Gasteiger partial charge in [-0.05, 0) is 55.2 Å². The highest BCUT2D eigenvalue weighted by Gasteiger charge is 2.25. The zero-order chi connectivity index (χ0) is 17.5. The van der Waals surface area contributed by atoms with E-state index in [1.807, 2.05) is 0 Å². The van der Waals surface area contributed by atoms with Crippen LogP contribution in [0.15, 0.2) is 24.3 Å². The first-order chi connectivity index (χ1) is 12.3. The summed E-state index contributed by atoms with van der Waals surface area (Å²) >= 11 is 0. The molecule has 3 rings (SSSR count). The fourth-order valence-electron chi connectivity index (χ4n) is 4.81. The zero-order valence-corrected chi connectivity index (χ0v) is 16.2. The number of methoxy groups -OCH3 is 1. The van der Waals surface area contributed by atoms with E-state index in [2.05, 4.69) is 31.2 Å². The van der Waals surface area contributed by atoms with E-state index in [1.54, 1.807) is 7.11 Å². The smallest absolute Gasteiger partial charge is 0.118 e. The van der Waals surface area contributed by atoms with Crippen molar-refractivity contribution in [3.05, 3.63) is 29.8 Å². The van der Waals surface area contributed by atoms with Crippen molar-refractivity contribution >= 4 is 0 Å². The Morgan fingerprint density at radius 1 is 0.880 bits per heavy atom. The Morgan fingerprint density at radius 2 is 1.56 bits per heavy atom. The Balaban J connectivity index is 1.35. The molecule has 2 aliphatic rings. The van der Waals surface area contributed by atoms with Gasteiger partial charge in [0, 0.05) is 5.92 Å². The van der Waals surface area contributed by atoms with Crippen molar-refractivity contribution in [1.82, 2.24) is 0 Å². The molecule has 0 radical (unpaired) electrons. The van der Waals surface area contributed by atoms with Crippen LogP contribution in [-0.4, -0.2) is 19.8 Å². The maximum absolute atomic E-state index is 6.22. The van der Waals surface area contributed by atoms with Gasteiger partial charge >= 0.3 is 0 Å². The van der Waals surface area contributed by atoms with Gasteiger partial charge < -0.3 is 9.47 Å². The quantitative estimate of drug-likeness (QED) is 0.574. The number of hydrogen-bond acceptors (Lipinski definition) is 2. The molecule has 0 aromatic heterocycles. The van der Waals surface area contributed by atoms with Crippen LogP contribution in [0.1, 0.15) is 82.6 Å². The van der Waals surface area contributed by atoms with Crippen LogP contribution in [-0.2, 0) is 4.74 Å². The summed E-state index contributed by atoms with van der Waals surface area (Å²) in [6, 6.07) is 8.52. The first kappa shape index (κ1) is 18.8. The minimum absolute atomic E-state index is 0.503. The molecule has 1 aromatic carbocycles. The number of rotatable bonds is 7. The van der Waals surface area contributed by atoms with Crippen LogP contribution in [0.25, 0.3) is 0 Å². The van der Waals surface area contributed by atoms with Crippen molar-refractivity contribution in [3.63, 3.8) is 0 Å². The summed E-state index contributed by atoms with van der Waals surface area (Å²) < 4.78 is 11.5. The largest absolute Gasteiger partial charge is 0.497 e.